The van der Waals surface area contributed by atoms with E-state index in [9.17, 15) is 4.79 Å². The summed E-state index contributed by atoms with van der Waals surface area (Å²) in [6.07, 6.45) is 0.953. The predicted molar refractivity (Wildman–Crippen MR) is 78.3 cm³/mol. The average Bonchev–Trinajstić information content (AvgIpc) is 2.82. The van der Waals surface area contributed by atoms with Gasteiger partial charge in [-0.25, -0.2) is 0 Å². The number of aryl methyl sites for hydroxylation is 1. The Bertz CT molecular complexity index is 628. The van der Waals surface area contributed by atoms with Gasteiger partial charge in [0.2, 0.25) is 5.91 Å². The van der Waals surface area contributed by atoms with E-state index in [1.54, 1.807) is 6.92 Å². The summed E-state index contributed by atoms with van der Waals surface area (Å²) in [7, 11) is 0. The van der Waals surface area contributed by atoms with Gasteiger partial charge in [-0.05, 0) is 42.2 Å². The van der Waals surface area contributed by atoms with E-state index in [2.05, 4.69) is 49.4 Å². The molecule has 0 aliphatic carbocycles. The fraction of sp³-hybridized carbons (Fsp3) is 0.235. The zero-order valence-corrected chi connectivity index (χ0v) is 11.3. The van der Waals surface area contributed by atoms with Gasteiger partial charge in [0, 0.05) is 19.2 Å². The summed E-state index contributed by atoms with van der Waals surface area (Å²) >= 11 is 0. The van der Waals surface area contributed by atoms with Crippen LogP contribution in [-0.4, -0.2) is 12.5 Å². The van der Waals surface area contributed by atoms with E-state index in [1.165, 1.54) is 22.3 Å². The van der Waals surface area contributed by atoms with E-state index in [0.29, 0.717) is 0 Å². The minimum absolute atomic E-state index is 0.127. The van der Waals surface area contributed by atoms with Crippen LogP contribution in [0.1, 0.15) is 18.1 Å². The molecule has 3 rings (SSSR count). The highest BCUT2D eigenvalue weighted by molar-refractivity contribution is 5.94. The Morgan fingerprint density at radius 1 is 1.05 bits per heavy atom. The Morgan fingerprint density at radius 3 is 2.42 bits per heavy atom. The lowest BCUT2D eigenvalue weighted by Gasteiger charge is -2.15. The van der Waals surface area contributed by atoms with Crippen LogP contribution < -0.4 is 4.90 Å². The Hall–Kier alpha value is -2.09. The normalized spacial score (nSPS) is 13.5. The van der Waals surface area contributed by atoms with Crippen molar-refractivity contribution in [1.29, 1.82) is 0 Å². The third kappa shape index (κ3) is 2.14. The second-order valence-corrected chi connectivity index (χ2v) is 5.13. The Morgan fingerprint density at radius 2 is 1.74 bits per heavy atom. The standard InChI is InChI=1S/C17H17NO/c1-12-3-5-14(6-4-12)15-7-8-17-16(11-15)9-10-18(17)13(2)19/h3-8,11H,9-10H2,1-2H3. The topological polar surface area (TPSA) is 20.3 Å². The van der Waals surface area contributed by atoms with Gasteiger partial charge in [-0.15, -0.1) is 0 Å². The van der Waals surface area contributed by atoms with Crippen LogP contribution in [-0.2, 0) is 11.2 Å². The smallest absolute Gasteiger partial charge is 0.223 e. The highest BCUT2D eigenvalue weighted by Gasteiger charge is 2.22. The molecular formula is C17H17NO. The number of rotatable bonds is 1. The number of carbonyl (C=O) groups is 1. The largest absolute Gasteiger partial charge is 0.312 e. The third-order valence-corrected chi connectivity index (χ3v) is 3.74. The fourth-order valence-electron chi connectivity index (χ4n) is 2.65. The molecule has 0 fully saturated rings. The fourth-order valence-corrected chi connectivity index (χ4v) is 2.65. The quantitative estimate of drug-likeness (QED) is 0.758. The Balaban J connectivity index is 1.99. The molecule has 1 heterocycles. The summed E-state index contributed by atoms with van der Waals surface area (Å²) in [5, 5.41) is 0. The second-order valence-electron chi connectivity index (χ2n) is 5.13. The van der Waals surface area contributed by atoms with Crippen LogP contribution in [0.15, 0.2) is 42.5 Å². The summed E-state index contributed by atoms with van der Waals surface area (Å²) in [6, 6.07) is 14.9. The number of carbonyl (C=O) groups excluding carboxylic acids is 1. The molecule has 19 heavy (non-hydrogen) atoms. The first-order valence-electron chi connectivity index (χ1n) is 6.63. The lowest BCUT2D eigenvalue weighted by molar-refractivity contribution is -0.116. The summed E-state index contributed by atoms with van der Waals surface area (Å²) < 4.78 is 0. The van der Waals surface area contributed by atoms with E-state index in [4.69, 9.17) is 0 Å². The van der Waals surface area contributed by atoms with E-state index in [1.807, 2.05) is 4.90 Å². The minimum atomic E-state index is 0.127. The van der Waals surface area contributed by atoms with Gasteiger partial charge < -0.3 is 4.90 Å². The zero-order valence-electron chi connectivity index (χ0n) is 11.3. The number of nitrogens with zero attached hydrogens (tertiary/aromatic N) is 1. The molecule has 0 saturated heterocycles. The summed E-state index contributed by atoms with van der Waals surface area (Å²) in [5.41, 5.74) is 6.07. The minimum Gasteiger partial charge on any atom is -0.312 e. The number of hydrogen-bond acceptors (Lipinski definition) is 1. The molecule has 1 aliphatic rings. The first kappa shape index (κ1) is 12.0. The van der Waals surface area contributed by atoms with E-state index in [0.717, 1.165) is 18.7 Å². The molecule has 0 bridgehead atoms. The van der Waals surface area contributed by atoms with Crippen molar-refractivity contribution in [2.45, 2.75) is 20.3 Å². The molecule has 0 saturated carbocycles. The molecule has 2 aromatic carbocycles. The number of benzene rings is 2. The molecule has 0 unspecified atom stereocenters. The van der Waals surface area contributed by atoms with Gasteiger partial charge in [0.05, 0.1) is 0 Å². The molecule has 2 heteroatoms. The molecule has 1 aliphatic heterocycles. The van der Waals surface area contributed by atoms with Crippen molar-refractivity contribution >= 4 is 11.6 Å². The lowest BCUT2D eigenvalue weighted by atomic mass is 10.0. The Labute approximate surface area is 113 Å². The first-order valence-corrected chi connectivity index (χ1v) is 6.63. The molecule has 2 aromatic rings. The molecule has 0 N–H and O–H groups in total. The maximum atomic E-state index is 11.5. The second kappa shape index (κ2) is 4.54. The molecule has 0 spiro atoms. The van der Waals surface area contributed by atoms with Gasteiger partial charge >= 0.3 is 0 Å². The van der Waals surface area contributed by atoms with Crippen LogP contribution in [0.4, 0.5) is 5.69 Å². The van der Waals surface area contributed by atoms with Gasteiger partial charge in [-0.3, -0.25) is 4.79 Å². The van der Waals surface area contributed by atoms with E-state index < -0.39 is 0 Å². The molecule has 96 valence electrons. The molecule has 0 aromatic heterocycles. The SMILES string of the molecule is CC(=O)N1CCc2cc(-c3ccc(C)cc3)ccc21. The van der Waals surface area contributed by atoms with Crippen molar-refractivity contribution < 1.29 is 4.79 Å². The van der Waals surface area contributed by atoms with Crippen LogP contribution >= 0.6 is 0 Å². The van der Waals surface area contributed by atoms with Crippen LogP contribution in [0.25, 0.3) is 11.1 Å². The first-order chi connectivity index (χ1) is 9.15. The maximum Gasteiger partial charge on any atom is 0.223 e. The molecule has 2 nitrogen and oxygen atoms in total. The summed E-state index contributed by atoms with van der Waals surface area (Å²) in [5.74, 6) is 0.127. The lowest BCUT2D eigenvalue weighted by Crippen LogP contribution is -2.25. The number of anilines is 1. The number of amides is 1. The monoisotopic (exact) mass is 251 g/mol. The maximum absolute atomic E-state index is 11.5. The van der Waals surface area contributed by atoms with Gasteiger partial charge in [0.1, 0.15) is 0 Å². The van der Waals surface area contributed by atoms with Gasteiger partial charge in [-0.1, -0.05) is 35.9 Å². The summed E-state index contributed by atoms with van der Waals surface area (Å²) in [6.45, 7) is 4.53. The van der Waals surface area contributed by atoms with Crippen LogP contribution in [0.5, 0.6) is 0 Å². The Kier molecular flexibility index (Phi) is 2.86. The highest BCUT2D eigenvalue weighted by Crippen LogP contribution is 2.32. The van der Waals surface area contributed by atoms with Gasteiger partial charge in [-0.2, -0.15) is 0 Å². The van der Waals surface area contributed by atoms with Gasteiger partial charge in [0.15, 0.2) is 0 Å². The highest BCUT2D eigenvalue weighted by atomic mass is 16.2. The van der Waals surface area contributed by atoms with Crippen molar-refractivity contribution in [2.75, 3.05) is 11.4 Å². The van der Waals surface area contributed by atoms with Crippen molar-refractivity contribution in [2.24, 2.45) is 0 Å². The van der Waals surface area contributed by atoms with Crippen LogP contribution in [0, 0.1) is 6.92 Å². The van der Waals surface area contributed by atoms with Crippen molar-refractivity contribution in [3.8, 4) is 11.1 Å². The van der Waals surface area contributed by atoms with Crippen LogP contribution in [0.3, 0.4) is 0 Å². The molecule has 1 amide bonds. The molecule has 0 atom stereocenters. The van der Waals surface area contributed by atoms with Crippen LogP contribution in [0.2, 0.25) is 0 Å². The summed E-state index contributed by atoms with van der Waals surface area (Å²) in [4.78, 5) is 13.4. The number of hydrogen-bond donors (Lipinski definition) is 0. The van der Waals surface area contributed by atoms with Crippen molar-refractivity contribution in [3.63, 3.8) is 0 Å². The average molecular weight is 251 g/mol. The third-order valence-electron chi connectivity index (χ3n) is 3.74. The molecule has 0 radical (unpaired) electrons. The molecular weight excluding hydrogens is 234 g/mol. The van der Waals surface area contributed by atoms with Crippen molar-refractivity contribution in [1.82, 2.24) is 0 Å². The van der Waals surface area contributed by atoms with E-state index >= 15 is 0 Å². The van der Waals surface area contributed by atoms with Crippen molar-refractivity contribution in [3.05, 3.63) is 53.6 Å². The zero-order chi connectivity index (χ0) is 13.4. The number of fused-ring (bicyclic) bond motifs is 1. The predicted octanol–water partition coefficient (Wildman–Crippen LogP) is 3.57. The van der Waals surface area contributed by atoms with Gasteiger partial charge in [0.25, 0.3) is 0 Å². The van der Waals surface area contributed by atoms with E-state index in [-0.39, 0.29) is 5.91 Å².